The fraction of sp³-hybridized carbons (Fsp3) is 0.310. The number of carbonyl (C=O) groups excluding carboxylic acids is 2. The Balaban J connectivity index is 2.03. The first kappa shape index (κ1) is 29.6. The summed E-state index contributed by atoms with van der Waals surface area (Å²) >= 11 is 0. The molecule has 3 aromatic carbocycles. The molecule has 10 heteroatoms. The molecule has 8 nitrogen and oxygen atoms in total. The van der Waals surface area contributed by atoms with Crippen LogP contribution in [0.15, 0.2) is 83.8 Å². The van der Waals surface area contributed by atoms with E-state index >= 15 is 0 Å². The van der Waals surface area contributed by atoms with Crippen molar-refractivity contribution >= 4 is 27.5 Å². The Kier molecular flexibility index (Phi) is 10.1. The van der Waals surface area contributed by atoms with Gasteiger partial charge in [-0.15, -0.1) is 0 Å². The lowest BCUT2D eigenvalue weighted by Gasteiger charge is -2.32. The summed E-state index contributed by atoms with van der Waals surface area (Å²) in [5.74, 6) is -1.05. The Morgan fingerprint density at radius 2 is 1.62 bits per heavy atom. The monoisotopic (exact) mass is 555 g/mol. The SMILES string of the molecule is COc1cccc(N(CC(=O)N(Cc2ccccc2F)C(C)C(=O)NCC(C)C)S(=O)(=O)c2ccccc2)c1. The summed E-state index contributed by atoms with van der Waals surface area (Å²) in [6.45, 7) is 4.96. The van der Waals surface area contributed by atoms with Crippen LogP contribution in [0.1, 0.15) is 26.3 Å². The fourth-order valence-electron chi connectivity index (χ4n) is 3.86. The highest BCUT2D eigenvalue weighted by Gasteiger charge is 2.33. The van der Waals surface area contributed by atoms with Crippen LogP contribution < -0.4 is 14.4 Å². The van der Waals surface area contributed by atoms with E-state index in [1.807, 2.05) is 13.8 Å². The number of carbonyl (C=O) groups is 2. The van der Waals surface area contributed by atoms with Gasteiger partial charge in [0.25, 0.3) is 10.0 Å². The van der Waals surface area contributed by atoms with Gasteiger partial charge in [-0.3, -0.25) is 13.9 Å². The maximum atomic E-state index is 14.6. The summed E-state index contributed by atoms with van der Waals surface area (Å²) in [5.41, 5.74) is 0.405. The van der Waals surface area contributed by atoms with Crippen LogP contribution in [0.2, 0.25) is 0 Å². The zero-order chi connectivity index (χ0) is 28.6. The number of ether oxygens (including phenoxy) is 1. The van der Waals surface area contributed by atoms with Crippen molar-refractivity contribution < 1.29 is 27.1 Å². The molecule has 0 aromatic heterocycles. The van der Waals surface area contributed by atoms with Gasteiger partial charge in [-0.25, -0.2) is 12.8 Å². The van der Waals surface area contributed by atoms with Crippen LogP contribution in [0.4, 0.5) is 10.1 Å². The minimum absolute atomic E-state index is 0.0102. The lowest BCUT2D eigenvalue weighted by molar-refractivity contribution is -0.139. The van der Waals surface area contributed by atoms with Gasteiger partial charge in [-0.1, -0.05) is 56.3 Å². The van der Waals surface area contributed by atoms with Crippen molar-refractivity contribution in [3.8, 4) is 5.75 Å². The summed E-state index contributed by atoms with van der Waals surface area (Å²) < 4.78 is 48.4. The molecule has 208 valence electrons. The lowest BCUT2D eigenvalue weighted by atomic mass is 10.1. The summed E-state index contributed by atoms with van der Waals surface area (Å²) in [6, 6.07) is 19.0. The van der Waals surface area contributed by atoms with Gasteiger partial charge in [0.1, 0.15) is 24.2 Å². The molecule has 2 amide bonds. The number of sulfonamides is 1. The van der Waals surface area contributed by atoms with Crippen molar-refractivity contribution in [3.05, 3.63) is 90.2 Å². The van der Waals surface area contributed by atoms with E-state index in [1.54, 1.807) is 42.5 Å². The maximum absolute atomic E-state index is 14.6. The second kappa shape index (κ2) is 13.2. The molecule has 0 saturated heterocycles. The number of hydrogen-bond acceptors (Lipinski definition) is 5. The van der Waals surface area contributed by atoms with Crippen LogP contribution in [0.5, 0.6) is 5.75 Å². The smallest absolute Gasteiger partial charge is 0.264 e. The Bertz CT molecular complexity index is 1380. The van der Waals surface area contributed by atoms with Gasteiger partial charge in [0.15, 0.2) is 0 Å². The molecule has 3 aromatic rings. The highest BCUT2D eigenvalue weighted by molar-refractivity contribution is 7.92. The highest BCUT2D eigenvalue weighted by Crippen LogP contribution is 2.27. The van der Waals surface area contributed by atoms with Crippen LogP contribution in [0, 0.1) is 11.7 Å². The van der Waals surface area contributed by atoms with Gasteiger partial charge >= 0.3 is 0 Å². The molecule has 3 rings (SSSR count). The third-order valence-corrected chi connectivity index (χ3v) is 7.89. The molecule has 0 heterocycles. The van der Waals surface area contributed by atoms with E-state index in [0.717, 1.165) is 4.31 Å². The van der Waals surface area contributed by atoms with Gasteiger partial charge in [0.2, 0.25) is 11.8 Å². The molecule has 0 bridgehead atoms. The van der Waals surface area contributed by atoms with E-state index < -0.39 is 40.2 Å². The second-order valence-corrected chi connectivity index (χ2v) is 11.3. The largest absolute Gasteiger partial charge is 0.497 e. The van der Waals surface area contributed by atoms with Crippen LogP contribution in [-0.4, -0.2) is 51.4 Å². The molecule has 0 aliphatic rings. The van der Waals surface area contributed by atoms with Crippen molar-refractivity contribution in [1.29, 1.82) is 0 Å². The standard InChI is InChI=1S/C29H34FN3O5S/c1-21(2)18-31-29(35)22(3)32(19-23-11-8-9-16-27(23)30)28(34)20-33(24-12-10-13-25(17-24)38-4)39(36,37)26-14-6-5-7-15-26/h5-17,21-22H,18-20H2,1-4H3,(H,31,35). The Hall–Kier alpha value is -3.92. The third-order valence-electron chi connectivity index (χ3n) is 6.10. The molecule has 1 atom stereocenters. The summed E-state index contributed by atoms with van der Waals surface area (Å²) in [7, 11) is -2.75. The summed E-state index contributed by atoms with van der Waals surface area (Å²) in [6.07, 6.45) is 0. The number of anilines is 1. The Labute approximate surface area is 229 Å². The van der Waals surface area contributed by atoms with Crippen LogP contribution in [-0.2, 0) is 26.2 Å². The van der Waals surface area contributed by atoms with E-state index in [1.165, 1.54) is 55.3 Å². The van der Waals surface area contributed by atoms with E-state index in [-0.39, 0.29) is 28.6 Å². The average molecular weight is 556 g/mol. The van der Waals surface area contributed by atoms with Crippen molar-refractivity contribution in [2.24, 2.45) is 5.92 Å². The molecule has 0 spiro atoms. The van der Waals surface area contributed by atoms with Gasteiger partial charge < -0.3 is 15.0 Å². The lowest BCUT2D eigenvalue weighted by Crippen LogP contribution is -2.51. The zero-order valence-electron chi connectivity index (χ0n) is 22.5. The molecular formula is C29H34FN3O5S. The van der Waals surface area contributed by atoms with E-state index in [2.05, 4.69) is 5.32 Å². The first-order chi connectivity index (χ1) is 18.5. The fourth-order valence-corrected chi connectivity index (χ4v) is 5.29. The minimum atomic E-state index is -4.20. The Morgan fingerprint density at radius 3 is 2.26 bits per heavy atom. The van der Waals surface area contributed by atoms with Crippen molar-refractivity contribution in [3.63, 3.8) is 0 Å². The minimum Gasteiger partial charge on any atom is -0.497 e. The third kappa shape index (κ3) is 7.57. The molecule has 1 unspecified atom stereocenters. The molecule has 39 heavy (non-hydrogen) atoms. The number of benzene rings is 3. The van der Waals surface area contributed by atoms with Crippen molar-refractivity contribution in [1.82, 2.24) is 10.2 Å². The van der Waals surface area contributed by atoms with E-state index in [0.29, 0.717) is 12.3 Å². The van der Waals surface area contributed by atoms with Gasteiger partial charge in [-0.05, 0) is 43.2 Å². The second-order valence-electron chi connectivity index (χ2n) is 9.45. The molecule has 0 aliphatic carbocycles. The molecule has 0 radical (unpaired) electrons. The van der Waals surface area contributed by atoms with E-state index in [4.69, 9.17) is 4.74 Å². The van der Waals surface area contributed by atoms with Crippen LogP contribution in [0.3, 0.4) is 0 Å². The predicted molar refractivity (Wildman–Crippen MR) is 148 cm³/mol. The van der Waals surface area contributed by atoms with Gasteiger partial charge in [0, 0.05) is 24.7 Å². The average Bonchev–Trinajstić information content (AvgIpc) is 2.94. The van der Waals surface area contributed by atoms with Crippen molar-refractivity contribution in [2.75, 3.05) is 24.5 Å². The zero-order valence-corrected chi connectivity index (χ0v) is 23.3. The van der Waals surface area contributed by atoms with Crippen LogP contribution >= 0.6 is 0 Å². The first-order valence-corrected chi connectivity index (χ1v) is 14.0. The Morgan fingerprint density at radius 1 is 0.949 bits per heavy atom. The first-order valence-electron chi connectivity index (χ1n) is 12.6. The van der Waals surface area contributed by atoms with Crippen molar-refractivity contribution in [2.45, 2.75) is 38.3 Å². The maximum Gasteiger partial charge on any atom is 0.264 e. The number of nitrogens with zero attached hydrogens (tertiary/aromatic N) is 2. The number of rotatable bonds is 12. The number of amides is 2. The number of hydrogen-bond donors (Lipinski definition) is 1. The predicted octanol–water partition coefficient (Wildman–Crippen LogP) is 4.22. The molecule has 1 N–H and O–H groups in total. The summed E-state index contributed by atoms with van der Waals surface area (Å²) in [5, 5.41) is 2.80. The van der Waals surface area contributed by atoms with Gasteiger partial charge in [-0.2, -0.15) is 0 Å². The van der Waals surface area contributed by atoms with Crippen LogP contribution in [0.25, 0.3) is 0 Å². The topological polar surface area (TPSA) is 96.0 Å². The molecule has 0 aliphatic heterocycles. The number of nitrogens with one attached hydrogen (secondary N) is 1. The molecule has 0 fully saturated rings. The van der Waals surface area contributed by atoms with E-state index in [9.17, 15) is 22.4 Å². The molecule has 0 saturated carbocycles. The molecular weight excluding hydrogens is 521 g/mol. The number of methoxy groups -OCH3 is 1. The highest BCUT2D eigenvalue weighted by atomic mass is 32.2. The normalized spacial score (nSPS) is 12.1. The summed E-state index contributed by atoms with van der Waals surface area (Å²) in [4.78, 5) is 28.0. The quantitative estimate of drug-likeness (QED) is 0.361. The van der Waals surface area contributed by atoms with Gasteiger partial charge in [0.05, 0.1) is 17.7 Å². The number of halogens is 1.